The minimum atomic E-state index is 0.241. The number of nitrogens with one attached hydrogen (secondary N) is 1. The Bertz CT molecular complexity index is 557. The number of hydrogen-bond acceptors (Lipinski definition) is 5. The van der Waals surface area contributed by atoms with E-state index in [4.69, 9.17) is 15.2 Å². The Balaban J connectivity index is 1.93. The van der Waals surface area contributed by atoms with Gasteiger partial charge in [-0.1, -0.05) is 6.07 Å². The first kappa shape index (κ1) is 9.77. The number of nitrogen functional groups attached to an aromatic ring is 1. The van der Waals surface area contributed by atoms with Crippen LogP contribution in [-0.2, 0) is 0 Å². The lowest BCUT2D eigenvalue weighted by Gasteiger charge is -2.08. The molecule has 0 saturated carbocycles. The number of nitrogens with zero attached hydrogens (tertiary/aromatic N) is 1. The molecule has 0 bridgehead atoms. The molecule has 0 amide bonds. The second-order valence-corrected chi connectivity index (χ2v) is 3.58. The number of rotatable bonds is 2. The second kappa shape index (κ2) is 3.86. The molecule has 1 aliphatic heterocycles. The predicted molar refractivity (Wildman–Crippen MR) is 63.3 cm³/mol. The first-order chi connectivity index (χ1) is 8.33. The maximum Gasteiger partial charge on any atom is 0.231 e. The van der Waals surface area contributed by atoms with Gasteiger partial charge in [0, 0.05) is 11.8 Å². The molecule has 2 aromatic rings. The topological polar surface area (TPSA) is 69.4 Å². The van der Waals surface area contributed by atoms with Crippen molar-refractivity contribution in [3.63, 3.8) is 0 Å². The van der Waals surface area contributed by atoms with E-state index in [1.165, 1.54) is 0 Å². The number of pyridine rings is 1. The summed E-state index contributed by atoms with van der Waals surface area (Å²) in [7, 11) is 0. The molecule has 0 spiro atoms. The van der Waals surface area contributed by atoms with Crippen molar-refractivity contribution < 1.29 is 9.47 Å². The van der Waals surface area contributed by atoms with Crippen molar-refractivity contribution in [3.05, 3.63) is 36.5 Å². The van der Waals surface area contributed by atoms with E-state index in [1.54, 1.807) is 12.1 Å². The van der Waals surface area contributed by atoms with Crippen molar-refractivity contribution in [2.24, 2.45) is 0 Å². The van der Waals surface area contributed by atoms with Crippen LogP contribution in [0.1, 0.15) is 0 Å². The van der Waals surface area contributed by atoms with E-state index in [0.717, 1.165) is 11.4 Å². The highest BCUT2D eigenvalue weighted by Crippen LogP contribution is 2.39. The van der Waals surface area contributed by atoms with Gasteiger partial charge in [0.25, 0.3) is 0 Å². The molecular formula is C12H10N3O2. The third-order valence-electron chi connectivity index (χ3n) is 2.38. The number of fused-ring (bicyclic) bond motifs is 1. The van der Waals surface area contributed by atoms with Crippen LogP contribution in [0.25, 0.3) is 0 Å². The van der Waals surface area contributed by atoms with Crippen molar-refractivity contribution in [2.45, 2.75) is 0 Å². The molecule has 85 valence electrons. The molecular weight excluding hydrogens is 218 g/mol. The highest BCUT2D eigenvalue weighted by atomic mass is 16.7. The van der Waals surface area contributed by atoms with Gasteiger partial charge in [0.2, 0.25) is 6.79 Å². The molecule has 1 aromatic heterocycles. The average Bonchev–Trinajstić information content (AvgIpc) is 2.78. The summed E-state index contributed by atoms with van der Waals surface area (Å²) < 4.78 is 10.7. The zero-order valence-electron chi connectivity index (χ0n) is 8.93. The molecule has 17 heavy (non-hydrogen) atoms. The van der Waals surface area contributed by atoms with Crippen molar-refractivity contribution in [2.75, 3.05) is 17.8 Å². The highest BCUT2D eigenvalue weighted by Gasteiger charge is 2.17. The first-order valence-corrected chi connectivity index (χ1v) is 5.12. The zero-order valence-corrected chi connectivity index (χ0v) is 8.93. The highest BCUT2D eigenvalue weighted by molar-refractivity contribution is 5.70. The molecule has 1 radical (unpaired) electrons. The van der Waals surface area contributed by atoms with Crippen LogP contribution in [0.2, 0.25) is 0 Å². The van der Waals surface area contributed by atoms with Crippen molar-refractivity contribution in [1.29, 1.82) is 0 Å². The quantitative estimate of drug-likeness (QED) is 0.822. The number of hydrogen-bond donors (Lipinski definition) is 2. The van der Waals surface area contributed by atoms with Crippen LogP contribution in [0, 0.1) is 6.20 Å². The Labute approximate surface area is 98.2 Å². The Morgan fingerprint density at radius 1 is 1.35 bits per heavy atom. The summed E-state index contributed by atoms with van der Waals surface area (Å²) in [6.07, 6.45) is 2.71. The van der Waals surface area contributed by atoms with E-state index in [0.29, 0.717) is 17.3 Å². The van der Waals surface area contributed by atoms with E-state index in [-0.39, 0.29) is 6.79 Å². The van der Waals surface area contributed by atoms with E-state index in [2.05, 4.69) is 16.5 Å². The summed E-state index contributed by atoms with van der Waals surface area (Å²) in [6, 6.07) is 8.96. The lowest BCUT2D eigenvalue weighted by atomic mass is 10.2. The van der Waals surface area contributed by atoms with Crippen LogP contribution < -0.4 is 20.5 Å². The summed E-state index contributed by atoms with van der Waals surface area (Å²) in [4.78, 5) is 4.05. The molecule has 1 aliphatic rings. The molecule has 0 saturated heterocycles. The largest absolute Gasteiger partial charge is 0.454 e. The smallest absolute Gasteiger partial charge is 0.231 e. The number of aromatic nitrogens is 1. The monoisotopic (exact) mass is 228 g/mol. The third-order valence-corrected chi connectivity index (χ3v) is 2.38. The number of anilines is 3. The standard InChI is InChI=1S/C12H10N3O2/c13-8-4-5-14-11(6-8)15-9-2-1-3-10-12(9)17-7-16-10/h1-4,6H,7H2,(H3,13,14,15). The molecule has 5 nitrogen and oxygen atoms in total. The van der Waals surface area contributed by atoms with Crippen molar-refractivity contribution in [1.82, 2.24) is 4.98 Å². The Hall–Kier alpha value is -2.43. The van der Waals surface area contributed by atoms with Crippen molar-refractivity contribution >= 4 is 17.2 Å². The number of benzene rings is 1. The summed E-state index contributed by atoms with van der Waals surface area (Å²) in [5.41, 5.74) is 7.06. The van der Waals surface area contributed by atoms with Gasteiger partial charge in [0.15, 0.2) is 11.5 Å². The SMILES string of the molecule is Nc1c[c]nc(Nc2cccc3c2OCO3)c1. The van der Waals surface area contributed by atoms with E-state index >= 15 is 0 Å². The summed E-state index contributed by atoms with van der Waals surface area (Å²) in [5, 5.41) is 3.12. The third kappa shape index (κ3) is 1.82. The molecule has 0 unspecified atom stereocenters. The number of nitrogens with two attached hydrogens (primary N) is 1. The van der Waals surface area contributed by atoms with Gasteiger partial charge in [-0.25, -0.2) is 4.98 Å². The Morgan fingerprint density at radius 2 is 2.29 bits per heavy atom. The van der Waals surface area contributed by atoms with Gasteiger partial charge >= 0.3 is 0 Å². The fourth-order valence-corrected chi connectivity index (χ4v) is 1.64. The van der Waals surface area contributed by atoms with E-state index in [9.17, 15) is 0 Å². The van der Waals surface area contributed by atoms with Gasteiger partial charge in [0.1, 0.15) is 5.82 Å². The molecule has 0 aliphatic carbocycles. The fourth-order valence-electron chi connectivity index (χ4n) is 1.64. The average molecular weight is 228 g/mol. The molecule has 0 fully saturated rings. The van der Waals surface area contributed by atoms with Crippen LogP contribution in [0.4, 0.5) is 17.2 Å². The number of ether oxygens (including phenoxy) is 2. The van der Waals surface area contributed by atoms with Crippen LogP contribution in [0.3, 0.4) is 0 Å². The molecule has 5 heteroatoms. The van der Waals surface area contributed by atoms with E-state index < -0.39 is 0 Å². The van der Waals surface area contributed by atoms with Crippen LogP contribution >= 0.6 is 0 Å². The van der Waals surface area contributed by atoms with Gasteiger partial charge in [0.05, 0.1) is 11.9 Å². The predicted octanol–water partition coefficient (Wildman–Crippen LogP) is 1.94. The normalized spacial score (nSPS) is 12.5. The van der Waals surface area contributed by atoms with Crippen LogP contribution in [0.5, 0.6) is 11.5 Å². The van der Waals surface area contributed by atoms with Crippen LogP contribution in [0.15, 0.2) is 30.3 Å². The minimum absolute atomic E-state index is 0.241. The summed E-state index contributed by atoms with van der Waals surface area (Å²) in [6.45, 7) is 0.241. The summed E-state index contributed by atoms with van der Waals surface area (Å²) >= 11 is 0. The number of para-hydroxylation sites is 1. The van der Waals surface area contributed by atoms with Crippen LogP contribution in [-0.4, -0.2) is 11.8 Å². The van der Waals surface area contributed by atoms with Gasteiger partial charge < -0.3 is 20.5 Å². The van der Waals surface area contributed by atoms with Gasteiger partial charge in [-0.15, -0.1) is 0 Å². The van der Waals surface area contributed by atoms with Gasteiger partial charge in [-0.05, 0) is 18.2 Å². The summed E-state index contributed by atoms with van der Waals surface area (Å²) in [5.74, 6) is 2.04. The molecule has 0 atom stereocenters. The molecule has 3 rings (SSSR count). The van der Waals surface area contributed by atoms with Gasteiger partial charge in [-0.3, -0.25) is 0 Å². The Kier molecular flexibility index (Phi) is 2.22. The Morgan fingerprint density at radius 3 is 3.18 bits per heavy atom. The lowest BCUT2D eigenvalue weighted by molar-refractivity contribution is 0.174. The second-order valence-electron chi connectivity index (χ2n) is 3.58. The maximum absolute atomic E-state index is 5.66. The zero-order chi connectivity index (χ0) is 11.7. The molecule has 3 N–H and O–H groups in total. The first-order valence-electron chi connectivity index (χ1n) is 5.12. The molecule has 2 heterocycles. The molecule has 1 aromatic carbocycles. The lowest BCUT2D eigenvalue weighted by Crippen LogP contribution is -1.97. The van der Waals surface area contributed by atoms with E-state index in [1.807, 2.05) is 18.2 Å². The van der Waals surface area contributed by atoms with Crippen molar-refractivity contribution in [3.8, 4) is 11.5 Å². The fraction of sp³-hybridized carbons (Fsp3) is 0.0833. The van der Waals surface area contributed by atoms with Gasteiger partial charge in [-0.2, -0.15) is 0 Å². The maximum atomic E-state index is 5.66. The minimum Gasteiger partial charge on any atom is -0.454 e.